The summed E-state index contributed by atoms with van der Waals surface area (Å²) >= 11 is 0. The molecule has 0 aliphatic carbocycles. The van der Waals surface area contributed by atoms with E-state index in [1.165, 1.54) is 0 Å². The van der Waals surface area contributed by atoms with E-state index in [4.69, 9.17) is 0 Å². The van der Waals surface area contributed by atoms with Gasteiger partial charge in [-0.25, -0.2) is 0 Å². The zero-order chi connectivity index (χ0) is 7.44. The summed E-state index contributed by atoms with van der Waals surface area (Å²) in [7, 11) is 0. The first-order valence-corrected chi connectivity index (χ1v) is 3.64. The Labute approximate surface area is 79.4 Å². The largest absolute Gasteiger partial charge is 0.330 e. The van der Waals surface area contributed by atoms with Crippen molar-refractivity contribution in [3.05, 3.63) is 6.92 Å². The summed E-state index contributed by atoms with van der Waals surface area (Å²) in [4.78, 5) is 2.35. The van der Waals surface area contributed by atoms with Gasteiger partial charge >= 0.3 is 0 Å². The number of hydrogen-bond acceptors (Lipinski definition) is 1. The molecule has 62 valence electrons. The van der Waals surface area contributed by atoms with Crippen LogP contribution in [0.25, 0.3) is 0 Å². The molecule has 0 saturated carbocycles. The molecule has 0 atom stereocenters. The summed E-state index contributed by atoms with van der Waals surface area (Å²) in [5, 5.41) is 0. The molecular weight excluding hydrogens is 294 g/mol. The molecule has 0 amide bonds. The van der Waals surface area contributed by atoms with E-state index in [1.54, 1.807) is 0 Å². The maximum Gasteiger partial charge on any atom is 0.00127 e. The Hall–Kier alpha value is 0.648. The van der Waals surface area contributed by atoms with Crippen LogP contribution in [0.3, 0.4) is 0 Å². The van der Waals surface area contributed by atoms with Crippen molar-refractivity contribution >= 4 is 0 Å². The van der Waals surface area contributed by atoms with Crippen LogP contribution in [0, 0.1) is 6.92 Å². The monoisotopic (exact) mass is 312 g/mol. The van der Waals surface area contributed by atoms with Crippen LogP contribution in [-0.4, -0.2) is 23.5 Å². The van der Waals surface area contributed by atoms with Crippen molar-refractivity contribution in [3.63, 3.8) is 0 Å². The van der Waals surface area contributed by atoms with Crippen LogP contribution in [0.2, 0.25) is 0 Å². The second-order valence-electron chi connectivity index (χ2n) is 2.93. The molecule has 0 bridgehead atoms. The normalized spacial score (nSPS) is 10.8. The van der Waals surface area contributed by atoms with Crippen LogP contribution >= 0.6 is 0 Å². The Morgan fingerprint density at radius 1 is 1.10 bits per heavy atom. The molecule has 0 aromatic carbocycles. The van der Waals surface area contributed by atoms with E-state index < -0.39 is 0 Å². The summed E-state index contributed by atoms with van der Waals surface area (Å²) in [6.45, 7) is 13.6. The van der Waals surface area contributed by atoms with E-state index in [-0.39, 0.29) is 21.1 Å². The van der Waals surface area contributed by atoms with Gasteiger partial charge in [-0.2, -0.15) is 0 Å². The minimum atomic E-state index is 0. The zero-order valence-electron chi connectivity index (χ0n) is 7.42. The molecular formula is C8H18NW-. The minimum Gasteiger partial charge on any atom is -0.330 e. The fourth-order valence-corrected chi connectivity index (χ4v) is 1.11. The van der Waals surface area contributed by atoms with Crippen LogP contribution < -0.4 is 0 Å². The average molecular weight is 312 g/mol. The SMILES string of the molecule is [CH2-]CN(C(C)C)C(C)C.[W]. The predicted molar refractivity (Wildman–Crippen MR) is 42.3 cm³/mol. The molecule has 0 heterocycles. The van der Waals surface area contributed by atoms with E-state index in [0.29, 0.717) is 12.1 Å². The van der Waals surface area contributed by atoms with Crippen LogP contribution in [0.1, 0.15) is 27.7 Å². The Kier molecular flexibility index (Phi) is 8.43. The van der Waals surface area contributed by atoms with Crippen molar-refractivity contribution in [2.24, 2.45) is 0 Å². The van der Waals surface area contributed by atoms with Crippen molar-refractivity contribution in [1.82, 2.24) is 4.90 Å². The van der Waals surface area contributed by atoms with Gasteiger partial charge in [0.05, 0.1) is 0 Å². The standard InChI is InChI=1S/C8H18N.W/c1-6-9(7(2)3)8(4)5;/h7-8H,1,6H2,2-5H3;/q-1;. The second-order valence-corrected chi connectivity index (χ2v) is 2.93. The third-order valence-electron chi connectivity index (χ3n) is 1.58. The first kappa shape index (κ1) is 13.3. The summed E-state index contributed by atoms with van der Waals surface area (Å²) in [6.07, 6.45) is 0. The number of hydrogen-bond donors (Lipinski definition) is 0. The van der Waals surface area contributed by atoms with E-state index in [2.05, 4.69) is 39.5 Å². The van der Waals surface area contributed by atoms with E-state index in [1.807, 2.05) is 0 Å². The average Bonchev–Trinajstić information content (AvgIpc) is 1.64. The Bertz CT molecular complexity index is 63.7. The van der Waals surface area contributed by atoms with Crippen molar-refractivity contribution in [2.75, 3.05) is 6.54 Å². The van der Waals surface area contributed by atoms with Crippen molar-refractivity contribution in [1.29, 1.82) is 0 Å². The van der Waals surface area contributed by atoms with Gasteiger partial charge in [-0.15, -0.1) is 6.54 Å². The van der Waals surface area contributed by atoms with Gasteiger partial charge in [-0.05, 0) is 27.7 Å². The van der Waals surface area contributed by atoms with Gasteiger partial charge < -0.3 is 11.8 Å². The summed E-state index contributed by atoms with van der Waals surface area (Å²) in [5.74, 6) is 0. The molecule has 0 N–H and O–H groups in total. The summed E-state index contributed by atoms with van der Waals surface area (Å²) in [5.41, 5.74) is 0. The molecule has 0 aromatic heterocycles. The predicted octanol–water partition coefficient (Wildman–Crippen LogP) is 1.94. The van der Waals surface area contributed by atoms with Crippen LogP contribution in [0.5, 0.6) is 0 Å². The van der Waals surface area contributed by atoms with Gasteiger partial charge in [0, 0.05) is 33.1 Å². The van der Waals surface area contributed by atoms with Crippen LogP contribution in [0.15, 0.2) is 0 Å². The smallest absolute Gasteiger partial charge is 0.00127 e. The Balaban J connectivity index is 0. The number of nitrogens with zero attached hydrogens (tertiary/aromatic N) is 1. The first-order valence-electron chi connectivity index (χ1n) is 3.64. The molecule has 0 aromatic rings. The first-order chi connectivity index (χ1) is 4.09. The molecule has 0 aliphatic heterocycles. The van der Waals surface area contributed by atoms with Gasteiger partial charge in [0.15, 0.2) is 0 Å². The molecule has 2 heteroatoms. The molecule has 1 nitrogen and oxygen atoms in total. The molecule has 0 saturated heterocycles. The quantitative estimate of drug-likeness (QED) is 0.720. The van der Waals surface area contributed by atoms with Gasteiger partial charge in [0.2, 0.25) is 0 Å². The zero-order valence-corrected chi connectivity index (χ0v) is 10.4. The van der Waals surface area contributed by atoms with Crippen molar-refractivity contribution in [3.8, 4) is 0 Å². The maximum absolute atomic E-state index is 3.85. The summed E-state index contributed by atoms with van der Waals surface area (Å²) in [6, 6.07) is 1.25. The van der Waals surface area contributed by atoms with E-state index >= 15 is 0 Å². The Morgan fingerprint density at radius 3 is 1.40 bits per heavy atom. The van der Waals surface area contributed by atoms with Crippen molar-refractivity contribution in [2.45, 2.75) is 39.8 Å². The molecule has 0 radical (unpaired) electrons. The molecule has 0 fully saturated rings. The topological polar surface area (TPSA) is 3.24 Å². The van der Waals surface area contributed by atoms with Gasteiger partial charge in [-0.1, -0.05) is 0 Å². The summed E-state index contributed by atoms with van der Waals surface area (Å²) < 4.78 is 0. The molecule has 0 unspecified atom stereocenters. The van der Waals surface area contributed by atoms with Gasteiger partial charge in [0.1, 0.15) is 0 Å². The molecule has 10 heavy (non-hydrogen) atoms. The fourth-order valence-electron chi connectivity index (χ4n) is 1.11. The maximum atomic E-state index is 3.85. The molecule has 0 spiro atoms. The van der Waals surface area contributed by atoms with Gasteiger partial charge in [-0.3, -0.25) is 0 Å². The van der Waals surface area contributed by atoms with Gasteiger partial charge in [0.25, 0.3) is 0 Å². The van der Waals surface area contributed by atoms with E-state index in [9.17, 15) is 0 Å². The third-order valence-corrected chi connectivity index (χ3v) is 1.58. The molecule has 0 aliphatic rings. The second kappa shape index (κ2) is 6.36. The minimum absolute atomic E-state index is 0. The van der Waals surface area contributed by atoms with E-state index in [0.717, 1.165) is 6.54 Å². The molecule has 0 rings (SSSR count). The number of rotatable bonds is 3. The van der Waals surface area contributed by atoms with Crippen molar-refractivity contribution < 1.29 is 21.1 Å². The van der Waals surface area contributed by atoms with Crippen LogP contribution in [-0.2, 0) is 21.1 Å². The Morgan fingerprint density at radius 2 is 1.40 bits per heavy atom. The fraction of sp³-hybridized carbons (Fsp3) is 0.875. The third kappa shape index (κ3) is 4.46. The van der Waals surface area contributed by atoms with Crippen LogP contribution in [0.4, 0.5) is 0 Å².